The Hall–Kier alpha value is -4.59. The Morgan fingerprint density at radius 2 is 1.62 bits per heavy atom. The quantitative estimate of drug-likeness (QED) is 0.228. The number of carbonyl (C=O) groups is 2. The summed E-state index contributed by atoms with van der Waals surface area (Å²) in [7, 11) is 0. The van der Waals surface area contributed by atoms with E-state index < -0.39 is 17.6 Å². The van der Waals surface area contributed by atoms with Gasteiger partial charge in [-0.3, -0.25) is 10.1 Å². The molecule has 1 aliphatic carbocycles. The summed E-state index contributed by atoms with van der Waals surface area (Å²) in [6.45, 7) is 5.75. The Bertz CT molecular complexity index is 1440. The van der Waals surface area contributed by atoms with Gasteiger partial charge in [-0.25, -0.2) is 4.79 Å². The number of aromatic nitrogens is 1. The smallest absolute Gasteiger partial charge is 0.412 e. The normalized spacial score (nSPS) is 14.2. The molecule has 0 radical (unpaired) electrons. The van der Waals surface area contributed by atoms with Gasteiger partial charge >= 0.3 is 12.1 Å². The molecule has 1 fully saturated rings. The summed E-state index contributed by atoms with van der Waals surface area (Å²) in [6, 6.07) is 24.3. The maximum atomic E-state index is 12.6. The van der Waals surface area contributed by atoms with Crippen molar-refractivity contribution >= 4 is 17.7 Å². The highest BCUT2D eigenvalue weighted by atomic mass is 16.6. The van der Waals surface area contributed by atoms with Crippen molar-refractivity contribution in [2.75, 3.05) is 11.9 Å². The van der Waals surface area contributed by atoms with Crippen LogP contribution in [0.2, 0.25) is 0 Å². The lowest BCUT2D eigenvalue weighted by molar-refractivity contribution is -0.146. The molecule has 0 saturated heterocycles. The Kier molecular flexibility index (Phi) is 7.36. The molecule has 1 atom stereocenters. The zero-order valence-corrected chi connectivity index (χ0v) is 22.1. The van der Waals surface area contributed by atoms with Crippen molar-refractivity contribution < 1.29 is 28.3 Å². The zero-order chi connectivity index (χ0) is 27.4. The number of esters is 1. The molecule has 39 heavy (non-hydrogen) atoms. The largest absolute Gasteiger partial charge is 0.465 e. The standard InChI is InChI=1S/C31H30N2O6/c1-4-36-29(34)31(18-19-31)24-12-16-26(17-13-24)38-25-14-10-23(11-15-25)28-27(20(2)33-39-28)32-30(35)37-21(3)22-8-6-5-7-9-22/h5-17,21H,4,18-19H2,1-3H3,(H,32,35)/t21-/m1/s1. The molecule has 1 aliphatic rings. The van der Waals surface area contributed by atoms with Crippen LogP contribution in [-0.2, 0) is 19.7 Å². The molecular formula is C31H30N2O6. The number of anilines is 1. The number of rotatable bonds is 9. The molecule has 1 aromatic heterocycles. The summed E-state index contributed by atoms with van der Waals surface area (Å²) in [5, 5.41) is 6.79. The van der Waals surface area contributed by atoms with Crippen molar-refractivity contribution in [3.63, 3.8) is 0 Å². The van der Waals surface area contributed by atoms with Gasteiger partial charge in [0.25, 0.3) is 0 Å². The van der Waals surface area contributed by atoms with Crippen LogP contribution in [0, 0.1) is 6.92 Å². The number of benzene rings is 3. The molecule has 5 rings (SSSR count). The first-order chi connectivity index (χ1) is 18.9. The molecule has 0 bridgehead atoms. The topological polar surface area (TPSA) is 99.9 Å². The Labute approximate surface area is 226 Å². The van der Waals surface area contributed by atoms with Crippen molar-refractivity contribution in [2.45, 2.75) is 45.1 Å². The monoisotopic (exact) mass is 526 g/mol. The van der Waals surface area contributed by atoms with Gasteiger partial charge in [0, 0.05) is 5.56 Å². The van der Waals surface area contributed by atoms with Crippen LogP contribution in [0.1, 0.15) is 49.6 Å². The summed E-state index contributed by atoms with van der Waals surface area (Å²) in [6.07, 6.45) is 0.586. The minimum Gasteiger partial charge on any atom is -0.465 e. The van der Waals surface area contributed by atoms with Gasteiger partial charge in [-0.2, -0.15) is 0 Å². The molecule has 200 valence electrons. The number of amides is 1. The molecule has 0 aliphatic heterocycles. The highest BCUT2D eigenvalue weighted by Gasteiger charge is 2.52. The van der Waals surface area contributed by atoms with Gasteiger partial charge in [0.15, 0.2) is 5.76 Å². The third kappa shape index (κ3) is 5.65. The van der Waals surface area contributed by atoms with Crippen molar-refractivity contribution in [3.05, 3.63) is 95.7 Å². The average molecular weight is 527 g/mol. The van der Waals surface area contributed by atoms with Gasteiger partial charge in [-0.1, -0.05) is 47.6 Å². The number of nitrogens with zero attached hydrogens (tertiary/aromatic N) is 1. The van der Waals surface area contributed by atoms with Crippen LogP contribution < -0.4 is 10.1 Å². The molecular weight excluding hydrogens is 496 g/mol. The molecule has 0 unspecified atom stereocenters. The van der Waals surface area contributed by atoms with E-state index in [1.54, 1.807) is 6.92 Å². The van der Waals surface area contributed by atoms with Crippen LogP contribution in [0.3, 0.4) is 0 Å². The summed E-state index contributed by atoms with van der Waals surface area (Å²) >= 11 is 0. The van der Waals surface area contributed by atoms with E-state index in [4.69, 9.17) is 18.7 Å². The van der Waals surface area contributed by atoms with Crippen LogP contribution in [0.15, 0.2) is 83.4 Å². The SMILES string of the molecule is CCOC(=O)C1(c2ccc(Oc3ccc(-c4onc(C)c4NC(=O)O[C@H](C)c4ccccc4)cc3)cc2)CC1. The molecule has 4 aromatic rings. The van der Waals surface area contributed by atoms with Gasteiger partial charge in [-0.05, 0) is 81.1 Å². The number of aryl methyl sites for hydroxylation is 1. The minimum absolute atomic E-state index is 0.162. The lowest BCUT2D eigenvalue weighted by atomic mass is 9.96. The zero-order valence-electron chi connectivity index (χ0n) is 22.1. The summed E-state index contributed by atoms with van der Waals surface area (Å²) in [5.41, 5.74) is 3.02. The number of hydrogen-bond acceptors (Lipinski definition) is 7. The van der Waals surface area contributed by atoms with Gasteiger partial charge in [0.1, 0.15) is 29.0 Å². The number of nitrogens with one attached hydrogen (secondary N) is 1. The fourth-order valence-electron chi connectivity index (χ4n) is 4.46. The van der Waals surface area contributed by atoms with Gasteiger partial charge < -0.3 is 18.7 Å². The molecule has 1 saturated carbocycles. The first kappa shape index (κ1) is 26.0. The van der Waals surface area contributed by atoms with Crippen molar-refractivity contribution in [2.24, 2.45) is 0 Å². The molecule has 1 heterocycles. The van der Waals surface area contributed by atoms with Gasteiger partial charge in [0.05, 0.1) is 12.0 Å². The third-order valence-electron chi connectivity index (χ3n) is 6.82. The van der Waals surface area contributed by atoms with Crippen LogP contribution in [-0.4, -0.2) is 23.8 Å². The lowest BCUT2D eigenvalue weighted by Crippen LogP contribution is -2.23. The van der Waals surface area contributed by atoms with E-state index in [1.807, 2.05) is 92.7 Å². The van der Waals surface area contributed by atoms with Crippen molar-refractivity contribution in [1.29, 1.82) is 0 Å². The third-order valence-corrected chi connectivity index (χ3v) is 6.82. The summed E-state index contributed by atoms with van der Waals surface area (Å²) in [5.74, 6) is 1.53. The predicted molar refractivity (Wildman–Crippen MR) is 146 cm³/mol. The summed E-state index contributed by atoms with van der Waals surface area (Å²) < 4.78 is 22.3. The second-order valence-electron chi connectivity index (χ2n) is 9.51. The van der Waals surface area contributed by atoms with E-state index in [1.165, 1.54) is 0 Å². The molecule has 0 spiro atoms. The number of carbonyl (C=O) groups excluding carboxylic acids is 2. The predicted octanol–water partition coefficient (Wildman–Crippen LogP) is 7.35. The molecule has 1 N–H and O–H groups in total. The van der Waals surface area contributed by atoms with Crippen LogP contribution in [0.5, 0.6) is 11.5 Å². The van der Waals surface area contributed by atoms with E-state index >= 15 is 0 Å². The van der Waals surface area contributed by atoms with E-state index in [0.29, 0.717) is 35.2 Å². The Morgan fingerprint density at radius 1 is 0.974 bits per heavy atom. The maximum Gasteiger partial charge on any atom is 0.412 e. The van der Waals surface area contributed by atoms with Gasteiger partial charge in [-0.15, -0.1) is 0 Å². The molecule has 3 aromatic carbocycles. The van der Waals surface area contributed by atoms with E-state index in [9.17, 15) is 9.59 Å². The van der Waals surface area contributed by atoms with Gasteiger partial charge in [0.2, 0.25) is 0 Å². The van der Waals surface area contributed by atoms with E-state index in [0.717, 1.165) is 29.5 Å². The van der Waals surface area contributed by atoms with Crippen molar-refractivity contribution in [1.82, 2.24) is 5.16 Å². The summed E-state index contributed by atoms with van der Waals surface area (Å²) in [4.78, 5) is 24.9. The Morgan fingerprint density at radius 3 is 2.23 bits per heavy atom. The van der Waals surface area contributed by atoms with Crippen LogP contribution >= 0.6 is 0 Å². The lowest BCUT2D eigenvalue weighted by Gasteiger charge is -2.15. The Balaban J connectivity index is 1.23. The fourth-order valence-corrected chi connectivity index (χ4v) is 4.46. The van der Waals surface area contributed by atoms with Crippen molar-refractivity contribution in [3.8, 4) is 22.8 Å². The molecule has 8 heteroatoms. The molecule has 1 amide bonds. The number of hydrogen-bond donors (Lipinski definition) is 1. The highest BCUT2D eigenvalue weighted by Crippen LogP contribution is 2.49. The average Bonchev–Trinajstić information content (AvgIpc) is 3.69. The second-order valence-corrected chi connectivity index (χ2v) is 9.51. The first-order valence-corrected chi connectivity index (χ1v) is 12.9. The van der Waals surface area contributed by atoms with Crippen LogP contribution in [0.25, 0.3) is 11.3 Å². The highest BCUT2D eigenvalue weighted by molar-refractivity contribution is 5.91. The van der Waals surface area contributed by atoms with E-state index in [-0.39, 0.29) is 5.97 Å². The number of ether oxygens (including phenoxy) is 3. The fraction of sp³-hybridized carbons (Fsp3) is 0.258. The second kappa shape index (κ2) is 11.0. The first-order valence-electron chi connectivity index (χ1n) is 12.9. The van der Waals surface area contributed by atoms with E-state index in [2.05, 4.69) is 10.5 Å². The van der Waals surface area contributed by atoms with Crippen LogP contribution in [0.4, 0.5) is 10.5 Å². The molecule has 8 nitrogen and oxygen atoms in total. The minimum atomic E-state index is -0.599. The maximum absolute atomic E-state index is 12.6.